The van der Waals surface area contributed by atoms with Crippen LogP contribution in [-0.4, -0.2) is 21.6 Å². The number of nitrogens with zero attached hydrogens (tertiary/aromatic N) is 4. The zero-order valence-corrected chi connectivity index (χ0v) is 14.2. The van der Waals surface area contributed by atoms with E-state index in [0.29, 0.717) is 5.56 Å². The quantitative estimate of drug-likeness (QED) is 0.749. The Labute approximate surface area is 137 Å². The largest absolute Gasteiger partial charge is 0.387 e. The highest BCUT2D eigenvalue weighted by atomic mass is 79.9. The van der Waals surface area contributed by atoms with Gasteiger partial charge in [0.25, 0.3) is 0 Å². The number of fused-ring (bicyclic) bond motifs is 1. The summed E-state index contributed by atoms with van der Waals surface area (Å²) in [5.74, 6) is 0. The molecule has 0 aromatic carbocycles. The summed E-state index contributed by atoms with van der Waals surface area (Å²) in [7, 11) is 1.86. The molecule has 0 aliphatic heterocycles. The minimum absolute atomic E-state index is 0.543. The molecule has 0 atom stereocenters. The molecule has 0 radical (unpaired) electrons. The van der Waals surface area contributed by atoms with E-state index in [1.807, 2.05) is 39.1 Å². The van der Waals surface area contributed by atoms with Crippen molar-refractivity contribution in [2.45, 2.75) is 13.8 Å². The summed E-state index contributed by atoms with van der Waals surface area (Å²) >= 11 is 3.44. The summed E-state index contributed by atoms with van der Waals surface area (Å²) in [5, 5.41) is 16.3. The van der Waals surface area contributed by atoms with Gasteiger partial charge in [-0.05, 0) is 40.2 Å². The number of nitrogens with one attached hydrogen (secondary N) is 1. The zero-order valence-electron chi connectivity index (χ0n) is 12.6. The number of hydrogen-bond donors (Lipinski definition) is 1. The Balaban J connectivity index is 0.000000847. The predicted molar refractivity (Wildman–Crippen MR) is 91.7 cm³/mol. The number of rotatable bonds is 2. The second kappa shape index (κ2) is 7.05. The van der Waals surface area contributed by atoms with Gasteiger partial charge in [-0.1, -0.05) is 13.8 Å². The summed E-state index contributed by atoms with van der Waals surface area (Å²) < 4.78 is 2.68. The Kier molecular flexibility index (Phi) is 5.12. The van der Waals surface area contributed by atoms with Crippen molar-refractivity contribution in [1.29, 1.82) is 5.26 Å². The van der Waals surface area contributed by atoms with E-state index < -0.39 is 0 Å². The molecule has 6 heteroatoms. The van der Waals surface area contributed by atoms with E-state index in [-0.39, 0.29) is 0 Å². The van der Waals surface area contributed by atoms with Gasteiger partial charge in [0.2, 0.25) is 0 Å². The molecule has 0 amide bonds. The van der Waals surface area contributed by atoms with Gasteiger partial charge < -0.3 is 5.32 Å². The fourth-order valence-electron chi connectivity index (χ4n) is 2.02. The maximum atomic E-state index is 8.89. The lowest BCUT2D eigenvalue weighted by Gasteiger charge is -2.06. The smallest absolute Gasteiger partial charge is 0.101 e. The Morgan fingerprint density at radius 3 is 2.68 bits per heavy atom. The van der Waals surface area contributed by atoms with Crippen LogP contribution in [0.4, 0.5) is 5.69 Å². The number of aromatic nitrogens is 3. The molecule has 0 spiro atoms. The molecule has 1 N–H and O–H groups in total. The Morgan fingerprint density at radius 2 is 2.00 bits per heavy atom. The first kappa shape index (κ1) is 16.0. The third-order valence-electron chi connectivity index (χ3n) is 3.02. The van der Waals surface area contributed by atoms with Gasteiger partial charge in [0.05, 0.1) is 38.8 Å². The molecule has 3 aromatic heterocycles. The molecule has 3 aromatic rings. The van der Waals surface area contributed by atoms with Crippen LogP contribution < -0.4 is 5.32 Å². The van der Waals surface area contributed by atoms with Crippen LogP contribution in [0.3, 0.4) is 0 Å². The van der Waals surface area contributed by atoms with Crippen molar-refractivity contribution in [2.24, 2.45) is 0 Å². The monoisotopic (exact) mass is 357 g/mol. The van der Waals surface area contributed by atoms with E-state index in [2.05, 4.69) is 37.4 Å². The van der Waals surface area contributed by atoms with Crippen molar-refractivity contribution < 1.29 is 0 Å². The SMILES string of the molecule is CC.CNc1cc(-c2ccc3cc(C#N)cnn23)ncc1Br. The molecule has 0 aliphatic rings. The normalized spacial score (nSPS) is 9.77. The van der Waals surface area contributed by atoms with Crippen LogP contribution in [0.15, 0.2) is 41.1 Å². The number of halogens is 1. The molecule has 5 nitrogen and oxygen atoms in total. The van der Waals surface area contributed by atoms with E-state index in [4.69, 9.17) is 5.26 Å². The van der Waals surface area contributed by atoms with E-state index in [0.717, 1.165) is 27.1 Å². The van der Waals surface area contributed by atoms with Gasteiger partial charge in [0, 0.05) is 13.2 Å². The van der Waals surface area contributed by atoms with Gasteiger partial charge in [-0.15, -0.1) is 0 Å². The summed E-state index contributed by atoms with van der Waals surface area (Å²) in [6, 6.07) is 9.70. The van der Waals surface area contributed by atoms with E-state index in [1.165, 1.54) is 0 Å². The fourth-order valence-corrected chi connectivity index (χ4v) is 2.44. The molecule has 0 bridgehead atoms. The van der Waals surface area contributed by atoms with Crippen LogP contribution in [0, 0.1) is 11.3 Å². The highest BCUT2D eigenvalue weighted by Crippen LogP contribution is 2.27. The predicted octanol–water partition coefficient (Wildman–Crippen LogP) is 4.10. The molecule has 0 fully saturated rings. The number of anilines is 1. The number of nitriles is 1. The number of pyridine rings is 1. The Morgan fingerprint density at radius 1 is 1.23 bits per heavy atom. The van der Waals surface area contributed by atoms with Crippen molar-refractivity contribution in [2.75, 3.05) is 12.4 Å². The molecule has 3 heterocycles. The molecule has 0 saturated carbocycles. The average molecular weight is 358 g/mol. The van der Waals surface area contributed by atoms with Crippen LogP contribution >= 0.6 is 15.9 Å². The summed E-state index contributed by atoms with van der Waals surface area (Å²) in [5.41, 5.74) is 4.07. The zero-order chi connectivity index (χ0) is 16.1. The molecule has 22 heavy (non-hydrogen) atoms. The highest BCUT2D eigenvalue weighted by Gasteiger charge is 2.09. The fraction of sp³-hybridized carbons (Fsp3) is 0.188. The van der Waals surface area contributed by atoms with Gasteiger partial charge in [-0.25, -0.2) is 4.52 Å². The maximum absolute atomic E-state index is 8.89. The summed E-state index contributed by atoms with van der Waals surface area (Å²) in [6.45, 7) is 4.00. The van der Waals surface area contributed by atoms with Gasteiger partial charge in [-0.2, -0.15) is 10.4 Å². The van der Waals surface area contributed by atoms with Crippen molar-refractivity contribution in [1.82, 2.24) is 14.6 Å². The van der Waals surface area contributed by atoms with Crippen molar-refractivity contribution in [3.05, 3.63) is 46.7 Å². The summed E-state index contributed by atoms with van der Waals surface area (Å²) in [6.07, 6.45) is 3.30. The van der Waals surface area contributed by atoms with Crippen molar-refractivity contribution in [3.63, 3.8) is 0 Å². The van der Waals surface area contributed by atoms with Crippen LogP contribution in [0.25, 0.3) is 16.9 Å². The molecular weight excluding hydrogens is 342 g/mol. The summed E-state index contributed by atoms with van der Waals surface area (Å²) in [4.78, 5) is 4.41. The Hall–Kier alpha value is -2.39. The first-order valence-electron chi connectivity index (χ1n) is 6.94. The van der Waals surface area contributed by atoms with Gasteiger partial charge in [0.15, 0.2) is 0 Å². The van der Waals surface area contributed by atoms with Crippen LogP contribution in [-0.2, 0) is 0 Å². The van der Waals surface area contributed by atoms with E-state index in [9.17, 15) is 0 Å². The van der Waals surface area contributed by atoms with Crippen LogP contribution in [0.5, 0.6) is 0 Å². The lowest BCUT2D eigenvalue weighted by molar-refractivity contribution is 0.939. The maximum Gasteiger partial charge on any atom is 0.101 e. The van der Waals surface area contributed by atoms with Gasteiger partial charge in [-0.3, -0.25) is 4.98 Å². The Bertz CT molecular complexity index is 832. The van der Waals surface area contributed by atoms with Crippen molar-refractivity contribution in [3.8, 4) is 17.5 Å². The first-order chi connectivity index (χ1) is 10.7. The lowest BCUT2D eigenvalue weighted by Crippen LogP contribution is -1.97. The second-order valence-corrected chi connectivity index (χ2v) is 5.07. The van der Waals surface area contributed by atoms with E-state index in [1.54, 1.807) is 23.0 Å². The third-order valence-corrected chi connectivity index (χ3v) is 3.65. The first-order valence-corrected chi connectivity index (χ1v) is 7.74. The minimum atomic E-state index is 0.543. The molecule has 3 rings (SSSR count). The third kappa shape index (κ3) is 2.95. The highest BCUT2D eigenvalue weighted by molar-refractivity contribution is 9.10. The molecule has 0 saturated heterocycles. The topological polar surface area (TPSA) is 66.0 Å². The standard InChI is InChI=1S/C14H10BrN5.C2H6/c1-17-12-5-13(18-8-11(12)15)14-3-2-10-4-9(6-16)7-19-20(10)14;1-2/h2-5,7-8H,1H3,(H,17,18);1-2H3. The van der Waals surface area contributed by atoms with E-state index >= 15 is 0 Å². The second-order valence-electron chi connectivity index (χ2n) is 4.21. The lowest BCUT2D eigenvalue weighted by atomic mass is 10.2. The van der Waals surface area contributed by atoms with Gasteiger partial charge >= 0.3 is 0 Å². The minimum Gasteiger partial charge on any atom is -0.387 e. The van der Waals surface area contributed by atoms with Crippen LogP contribution in [0.1, 0.15) is 19.4 Å². The average Bonchev–Trinajstić information content (AvgIpc) is 3.00. The molecule has 0 unspecified atom stereocenters. The molecule has 0 aliphatic carbocycles. The number of hydrogen-bond acceptors (Lipinski definition) is 4. The van der Waals surface area contributed by atoms with Crippen LogP contribution in [0.2, 0.25) is 0 Å². The van der Waals surface area contributed by atoms with Gasteiger partial charge in [0.1, 0.15) is 6.07 Å². The van der Waals surface area contributed by atoms with Crippen molar-refractivity contribution >= 4 is 27.1 Å². The molecule has 112 valence electrons. The molecular formula is C16H16BrN5.